The maximum Gasteiger partial charge on any atom is 0.616 e. The lowest BCUT2D eigenvalue weighted by Gasteiger charge is -2.38. The number of aromatic nitrogens is 10. The van der Waals surface area contributed by atoms with Crippen molar-refractivity contribution in [1.29, 1.82) is 32.5 Å². The number of hydrogen-bond donors (Lipinski definition) is 29. The van der Waals surface area contributed by atoms with Gasteiger partial charge in [0.1, 0.15) is 79.6 Å². The van der Waals surface area contributed by atoms with Gasteiger partial charge in [0.05, 0.1) is 58.5 Å². The molecule has 37 N–H and O–H groups in total. The van der Waals surface area contributed by atoms with Gasteiger partial charge in [0, 0.05) is 73.3 Å². The minimum atomic E-state index is -2.94. The molecule has 3 fully saturated rings. The number of aromatic amines is 2. The lowest BCUT2D eigenvalue weighted by molar-refractivity contribution is -0.158. The van der Waals surface area contributed by atoms with Gasteiger partial charge in [0.15, 0.2) is 77.1 Å². The van der Waals surface area contributed by atoms with E-state index in [1.807, 2.05) is 0 Å². The maximum atomic E-state index is 15.0. The van der Waals surface area contributed by atoms with Crippen LogP contribution in [0.1, 0.15) is 108 Å². The molecule has 15 atom stereocenters. The summed E-state index contributed by atoms with van der Waals surface area (Å²) in [6.45, 7) is 1.74. The summed E-state index contributed by atoms with van der Waals surface area (Å²) in [5.41, 5.74) is 43.8. The number of carbonyl (C=O) groups excluding carboxylic acids is 8. The molecule has 0 bridgehead atoms. The number of H-pyrrole nitrogens is 2. The summed E-state index contributed by atoms with van der Waals surface area (Å²) in [6.07, 6.45) is -1.86. The van der Waals surface area contributed by atoms with Crippen molar-refractivity contribution in [2.75, 3.05) is 123 Å². The SMILES string of the molecule is CPOCC1CN([P+](=O)OCC2CN([P+](=O)OCC3CN(C(=O)CNC(=O)C(CCCNC(=N)N)NC(=O)C(CCCNC(=N)N)NC(=O)C(CCCNC(=N)N)NC(=O)C(CCCNC(=N)N)NC(=O)C(CCCNC(=N)N)NC(=O)C(CCCNC(=N)N)NC(C)=O)CC(n4cnc5c(=O)[nH]c(N)nc54)O3)CC(n3cnc4c(N)ncnc43)O2)CC(n2cc(C)c(=O)[nH]c2=O)O1. The summed E-state index contributed by atoms with van der Waals surface area (Å²) in [4.78, 5) is 181. The number of ether oxygens (including phenoxy) is 3. The fourth-order valence-electron chi connectivity index (χ4n) is 14.1. The molecule has 133 heavy (non-hydrogen) atoms. The van der Waals surface area contributed by atoms with Crippen molar-refractivity contribution in [2.24, 2.45) is 34.4 Å². The first-order valence-corrected chi connectivity index (χ1v) is 45.8. The van der Waals surface area contributed by atoms with Crippen molar-refractivity contribution in [2.45, 2.75) is 164 Å². The molecule has 3 aliphatic heterocycles. The number of anilines is 2. The summed E-state index contributed by atoms with van der Waals surface area (Å²) in [5.74, 6) is -9.82. The first-order chi connectivity index (χ1) is 63.3. The number of nitrogens with one attached hydrogen (secondary N) is 21. The van der Waals surface area contributed by atoms with Crippen LogP contribution in [0, 0.1) is 39.4 Å². The van der Waals surface area contributed by atoms with Crippen LogP contribution in [0.2, 0.25) is 0 Å². The molecule has 3 saturated heterocycles. The molecule has 62 heteroatoms. The van der Waals surface area contributed by atoms with Crippen LogP contribution >= 0.6 is 25.2 Å². The fraction of sp³-hybridized carbons (Fsp3) is 0.606. The van der Waals surface area contributed by atoms with E-state index in [-0.39, 0.29) is 217 Å². The number of nitrogens with two attached hydrogens (primary N) is 8. The van der Waals surface area contributed by atoms with Crippen molar-refractivity contribution in [3.63, 3.8) is 0 Å². The topological polar surface area (TPSA) is 905 Å². The average Bonchev–Trinajstić information content (AvgIpc) is 1.65. The molecule has 5 aromatic rings. The highest BCUT2D eigenvalue weighted by molar-refractivity contribution is 7.36. The Bertz CT molecular complexity index is 5160. The summed E-state index contributed by atoms with van der Waals surface area (Å²) >= 11 is 0. The fourth-order valence-corrected chi connectivity index (χ4v) is 16.5. The number of morpholine rings is 3. The van der Waals surface area contributed by atoms with E-state index in [0.717, 1.165) is 0 Å². The van der Waals surface area contributed by atoms with Gasteiger partial charge in [-0.1, -0.05) is 9.34 Å². The lowest BCUT2D eigenvalue weighted by Crippen LogP contribution is -2.60. The van der Waals surface area contributed by atoms with Gasteiger partial charge >= 0.3 is 22.0 Å². The van der Waals surface area contributed by atoms with E-state index in [4.69, 9.17) is 106 Å². The van der Waals surface area contributed by atoms with Crippen LogP contribution in [0.3, 0.4) is 0 Å². The third-order valence-corrected chi connectivity index (χ3v) is 23.3. The molecule has 730 valence electrons. The molecule has 0 radical (unpaired) electrons. The van der Waals surface area contributed by atoms with Crippen molar-refractivity contribution in [1.82, 2.24) is 132 Å². The van der Waals surface area contributed by atoms with Gasteiger partial charge in [-0.05, 0) is 99.8 Å². The van der Waals surface area contributed by atoms with Crippen LogP contribution in [0.25, 0.3) is 22.3 Å². The number of fused-ring (bicyclic) bond motifs is 2. The van der Waals surface area contributed by atoms with E-state index < -0.39 is 203 Å². The normalized spacial score (nSPS) is 18.6. The highest BCUT2D eigenvalue weighted by Crippen LogP contribution is 2.40. The Balaban J connectivity index is 1.02. The standard InChI is InChI=1S/C71H117N40O19P3/c1-36-23-109(71(122)105-56(36)114)49-28-107(25-39(129-49)30-125-131-3)132(123)127-32-40-26-108(29-50(130-40)110-34-95-51-53(72)93-33-94-54(51)110)133(124)126-31-38-24-106(27-48(128-38)111-35-96-52-55(111)103-70(85)104-63(52)121)47(113)22-92-57(115)41(10-4-16-86-64(73)74)98-59(117)43(12-6-18-88-66(77)78)100-61(119)45(14-8-20-90-68(81)82)102-62(120)46(15-9-21-91-69(83)84)101-60(118)44(13-7-19-89-67(79)80)99-58(116)42(97-37(2)112)11-5-17-87-65(75)76/h23,33-35,38-46,48-50,131H,4-22,24-32H2,1-3H3,(H35-2,72,73,74,75,76,77,78,79,80,81,82,83,84,85,86,87,88,89,90,91,92,93,94,97,98,99,100,101,102,103,104,105,112,114,115,116,117,118,119,120,121,122)/p+2. The Morgan fingerprint density at radius 3 is 1.27 bits per heavy atom. The van der Waals surface area contributed by atoms with Crippen LogP contribution in [0.5, 0.6) is 0 Å². The van der Waals surface area contributed by atoms with Gasteiger partial charge in [0.25, 0.3) is 11.1 Å². The molecular weight excluding hydrogens is 1810 g/mol. The van der Waals surface area contributed by atoms with Crippen LogP contribution < -0.4 is 132 Å². The number of nitrogen functional groups attached to an aromatic ring is 2. The van der Waals surface area contributed by atoms with E-state index in [0.29, 0.717) is 0 Å². The van der Waals surface area contributed by atoms with Gasteiger partial charge in [-0.3, -0.25) is 104 Å². The second-order valence-corrected chi connectivity index (χ2v) is 34.1. The summed E-state index contributed by atoms with van der Waals surface area (Å²) < 4.78 is 73.2. The molecule has 0 aliphatic carbocycles. The zero-order valence-electron chi connectivity index (χ0n) is 73.2. The number of aryl methyl sites for hydroxylation is 1. The maximum absolute atomic E-state index is 15.0. The molecule has 5 aromatic heterocycles. The molecule has 3 aliphatic rings. The average molecular weight is 1930 g/mol. The van der Waals surface area contributed by atoms with Crippen molar-refractivity contribution in [3.8, 4) is 0 Å². The summed E-state index contributed by atoms with van der Waals surface area (Å²) in [5, 5.41) is 80.2. The van der Waals surface area contributed by atoms with E-state index in [1.54, 1.807) is 6.66 Å². The molecule has 0 spiro atoms. The molecular formula is C71H119N40O19P3+2. The Labute approximate surface area is 762 Å². The van der Waals surface area contributed by atoms with Gasteiger partial charge in [-0.2, -0.15) is 4.98 Å². The first-order valence-electron chi connectivity index (χ1n) is 42.1. The Hall–Kier alpha value is -13.1. The van der Waals surface area contributed by atoms with Crippen molar-refractivity contribution in [3.05, 3.63) is 61.9 Å². The van der Waals surface area contributed by atoms with E-state index >= 15 is 4.79 Å². The molecule has 15 unspecified atom stereocenters. The third kappa shape index (κ3) is 33.6. The van der Waals surface area contributed by atoms with Crippen molar-refractivity contribution >= 4 is 142 Å². The zero-order valence-corrected chi connectivity index (χ0v) is 76.0. The predicted octanol–water partition coefficient (Wildman–Crippen LogP) is -8.68. The lowest BCUT2D eigenvalue weighted by atomic mass is 10.0. The molecule has 8 rings (SSSR count). The number of imidazole rings is 2. The summed E-state index contributed by atoms with van der Waals surface area (Å²) in [7, 11) is -5.63. The van der Waals surface area contributed by atoms with Gasteiger partial charge in [-0.15, -0.1) is 9.05 Å². The quantitative estimate of drug-likeness (QED) is 0.00744. The number of rotatable bonds is 52. The number of guanidine groups is 6. The molecule has 0 saturated carbocycles. The highest BCUT2D eigenvalue weighted by atomic mass is 31.1. The number of hydrogen-bond acceptors (Lipinski definition) is 32. The Kier molecular flexibility index (Phi) is 41.3. The molecule has 8 heterocycles. The van der Waals surface area contributed by atoms with Crippen molar-refractivity contribution < 1.29 is 75.3 Å². The molecule has 0 aromatic carbocycles. The highest BCUT2D eigenvalue weighted by Gasteiger charge is 2.47. The number of carbonyl (C=O) groups is 8. The number of amides is 8. The third-order valence-electron chi connectivity index (χ3n) is 20.5. The minimum Gasteiger partial charge on any atom is -0.382 e. The van der Waals surface area contributed by atoms with Crippen LogP contribution in [-0.4, -0.2) is 312 Å². The Morgan fingerprint density at radius 1 is 0.481 bits per heavy atom. The monoisotopic (exact) mass is 1930 g/mol. The zero-order chi connectivity index (χ0) is 97.1. The largest absolute Gasteiger partial charge is 0.616 e. The van der Waals surface area contributed by atoms with E-state index in [2.05, 4.69) is 104 Å². The van der Waals surface area contributed by atoms with Crippen LogP contribution in [0.15, 0.2) is 39.6 Å². The minimum absolute atomic E-state index is 0.00531. The van der Waals surface area contributed by atoms with Crippen LogP contribution in [-0.2, 0) is 75.3 Å². The van der Waals surface area contributed by atoms with Gasteiger partial charge in [0.2, 0.25) is 53.2 Å². The van der Waals surface area contributed by atoms with E-state index in [9.17, 15) is 57.1 Å². The second-order valence-electron chi connectivity index (χ2n) is 30.8. The van der Waals surface area contributed by atoms with Crippen LogP contribution in [0.4, 0.5) is 11.8 Å². The molecule has 8 amide bonds. The Morgan fingerprint density at radius 2 is 0.857 bits per heavy atom. The second kappa shape index (κ2) is 52.2. The van der Waals surface area contributed by atoms with E-state index in [1.165, 1.54) is 67.0 Å². The summed E-state index contributed by atoms with van der Waals surface area (Å²) in [6, 6.07) is -8.93. The van der Waals surface area contributed by atoms with Gasteiger partial charge in [-0.25, -0.2) is 24.7 Å². The molecule has 59 nitrogen and oxygen atoms in total. The first kappa shape index (κ1) is 105. The smallest absolute Gasteiger partial charge is 0.382 e. The van der Waals surface area contributed by atoms with Gasteiger partial charge < -0.3 is 139 Å². The predicted molar refractivity (Wildman–Crippen MR) is 482 cm³/mol. The number of nitrogens with zero attached hydrogens (tertiary/aromatic N) is 11.